The molecule has 0 saturated carbocycles. The number of para-hydroxylation sites is 2. The maximum Gasteiger partial charge on any atom is 0.246 e. The standard InChI is InChI=1S/C13H17N3O2/c1-9(14-12(17)8-18-3)13-15-10-6-4-5-7-11(10)16(13)2/h4-7,9H,8H2,1-3H3,(H,14,17). The zero-order valence-corrected chi connectivity index (χ0v) is 10.8. The van der Waals surface area contributed by atoms with Gasteiger partial charge in [-0.05, 0) is 19.1 Å². The minimum atomic E-state index is -0.148. The average Bonchev–Trinajstić information content (AvgIpc) is 2.68. The molecule has 0 radical (unpaired) electrons. The van der Waals surface area contributed by atoms with Crippen molar-refractivity contribution in [2.75, 3.05) is 13.7 Å². The van der Waals surface area contributed by atoms with E-state index in [1.807, 2.05) is 42.8 Å². The Morgan fingerprint density at radius 1 is 1.50 bits per heavy atom. The van der Waals surface area contributed by atoms with Crippen LogP contribution in [0.4, 0.5) is 0 Å². The summed E-state index contributed by atoms with van der Waals surface area (Å²) in [7, 11) is 3.45. The van der Waals surface area contributed by atoms with E-state index in [2.05, 4.69) is 10.3 Å². The average molecular weight is 247 g/mol. The second kappa shape index (κ2) is 5.18. The molecule has 1 aromatic carbocycles. The van der Waals surface area contributed by atoms with Gasteiger partial charge in [-0.2, -0.15) is 0 Å². The lowest BCUT2D eigenvalue weighted by atomic mass is 10.3. The first-order chi connectivity index (χ1) is 8.63. The van der Waals surface area contributed by atoms with E-state index in [1.165, 1.54) is 7.11 Å². The molecule has 96 valence electrons. The van der Waals surface area contributed by atoms with Crippen molar-refractivity contribution in [3.05, 3.63) is 30.1 Å². The predicted molar refractivity (Wildman–Crippen MR) is 69.1 cm³/mol. The number of fused-ring (bicyclic) bond motifs is 1. The molecule has 18 heavy (non-hydrogen) atoms. The second-order valence-corrected chi connectivity index (χ2v) is 4.24. The van der Waals surface area contributed by atoms with Crippen LogP contribution in [0.25, 0.3) is 11.0 Å². The van der Waals surface area contributed by atoms with Crippen molar-refractivity contribution in [3.8, 4) is 0 Å². The lowest BCUT2D eigenvalue weighted by Gasteiger charge is -2.13. The normalized spacial score (nSPS) is 12.6. The first-order valence-corrected chi connectivity index (χ1v) is 5.83. The van der Waals surface area contributed by atoms with Gasteiger partial charge in [0.15, 0.2) is 0 Å². The van der Waals surface area contributed by atoms with E-state index >= 15 is 0 Å². The van der Waals surface area contributed by atoms with Gasteiger partial charge in [0.2, 0.25) is 5.91 Å². The van der Waals surface area contributed by atoms with E-state index in [4.69, 9.17) is 4.74 Å². The zero-order chi connectivity index (χ0) is 13.1. The molecule has 1 heterocycles. The molecule has 1 amide bonds. The van der Waals surface area contributed by atoms with Crippen LogP contribution in [0.1, 0.15) is 18.8 Å². The summed E-state index contributed by atoms with van der Waals surface area (Å²) in [6, 6.07) is 7.75. The van der Waals surface area contributed by atoms with Gasteiger partial charge in [0, 0.05) is 14.2 Å². The van der Waals surface area contributed by atoms with Crippen molar-refractivity contribution >= 4 is 16.9 Å². The molecule has 0 aliphatic rings. The number of carbonyl (C=O) groups excluding carboxylic acids is 1. The molecule has 0 aliphatic carbocycles. The Morgan fingerprint density at radius 3 is 2.89 bits per heavy atom. The highest BCUT2D eigenvalue weighted by Gasteiger charge is 2.15. The van der Waals surface area contributed by atoms with Crippen molar-refractivity contribution in [1.82, 2.24) is 14.9 Å². The highest BCUT2D eigenvalue weighted by atomic mass is 16.5. The summed E-state index contributed by atoms with van der Waals surface area (Å²) in [5.41, 5.74) is 1.99. The van der Waals surface area contributed by atoms with Gasteiger partial charge in [-0.3, -0.25) is 4.79 Å². The Balaban J connectivity index is 2.25. The number of aryl methyl sites for hydroxylation is 1. The van der Waals surface area contributed by atoms with Gasteiger partial charge in [-0.25, -0.2) is 4.98 Å². The van der Waals surface area contributed by atoms with Crippen LogP contribution in [0.15, 0.2) is 24.3 Å². The third-order valence-electron chi connectivity index (χ3n) is 2.86. The van der Waals surface area contributed by atoms with Crippen LogP contribution >= 0.6 is 0 Å². The number of nitrogens with one attached hydrogen (secondary N) is 1. The molecule has 1 unspecified atom stereocenters. The lowest BCUT2D eigenvalue weighted by molar-refractivity contribution is -0.125. The lowest BCUT2D eigenvalue weighted by Crippen LogP contribution is -2.31. The summed E-state index contributed by atoms with van der Waals surface area (Å²) in [6.07, 6.45) is 0. The van der Waals surface area contributed by atoms with Crippen LogP contribution in [0, 0.1) is 0 Å². The molecule has 5 heteroatoms. The number of rotatable bonds is 4. The van der Waals surface area contributed by atoms with Crippen LogP contribution < -0.4 is 5.32 Å². The number of hydrogen-bond acceptors (Lipinski definition) is 3. The fourth-order valence-electron chi connectivity index (χ4n) is 2.03. The van der Waals surface area contributed by atoms with E-state index in [0.717, 1.165) is 16.9 Å². The molecular formula is C13H17N3O2. The Kier molecular flexibility index (Phi) is 3.62. The van der Waals surface area contributed by atoms with Crippen molar-refractivity contribution < 1.29 is 9.53 Å². The maximum absolute atomic E-state index is 11.5. The summed E-state index contributed by atoms with van der Waals surface area (Å²) >= 11 is 0. The first kappa shape index (κ1) is 12.6. The van der Waals surface area contributed by atoms with Crippen LogP contribution in [-0.2, 0) is 16.6 Å². The van der Waals surface area contributed by atoms with E-state index in [-0.39, 0.29) is 18.6 Å². The van der Waals surface area contributed by atoms with Crippen molar-refractivity contribution in [2.24, 2.45) is 7.05 Å². The SMILES string of the molecule is COCC(=O)NC(C)c1nc2ccccc2n1C. The fraction of sp³-hybridized carbons (Fsp3) is 0.385. The van der Waals surface area contributed by atoms with Gasteiger partial charge >= 0.3 is 0 Å². The van der Waals surface area contributed by atoms with Gasteiger partial charge < -0.3 is 14.6 Å². The topological polar surface area (TPSA) is 56.1 Å². The number of imidazole rings is 1. The number of carbonyl (C=O) groups is 1. The molecule has 2 rings (SSSR count). The molecule has 0 spiro atoms. The highest BCUT2D eigenvalue weighted by Crippen LogP contribution is 2.18. The van der Waals surface area contributed by atoms with Crippen LogP contribution in [0.2, 0.25) is 0 Å². The molecule has 1 atom stereocenters. The minimum Gasteiger partial charge on any atom is -0.375 e. The third-order valence-corrected chi connectivity index (χ3v) is 2.86. The smallest absolute Gasteiger partial charge is 0.246 e. The van der Waals surface area contributed by atoms with Crippen molar-refractivity contribution in [3.63, 3.8) is 0 Å². The van der Waals surface area contributed by atoms with Gasteiger partial charge in [-0.1, -0.05) is 12.1 Å². The Labute approximate surface area is 106 Å². The van der Waals surface area contributed by atoms with E-state index < -0.39 is 0 Å². The Morgan fingerprint density at radius 2 is 2.22 bits per heavy atom. The quantitative estimate of drug-likeness (QED) is 0.888. The number of benzene rings is 1. The monoisotopic (exact) mass is 247 g/mol. The molecular weight excluding hydrogens is 230 g/mol. The molecule has 2 aromatic rings. The highest BCUT2D eigenvalue weighted by molar-refractivity contribution is 5.78. The predicted octanol–water partition coefficient (Wildman–Crippen LogP) is 1.40. The second-order valence-electron chi connectivity index (χ2n) is 4.24. The van der Waals surface area contributed by atoms with E-state index in [0.29, 0.717) is 0 Å². The fourth-order valence-corrected chi connectivity index (χ4v) is 2.03. The van der Waals surface area contributed by atoms with Gasteiger partial charge in [0.25, 0.3) is 0 Å². The Bertz CT molecular complexity index is 562. The summed E-state index contributed by atoms with van der Waals surface area (Å²) < 4.78 is 6.78. The summed E-state index contributed by atoms with van der Waals surface area (Å²) in [5, 5.41) is 2.85. The number of aromatic nitrogens is 2. The first-order valence-electron chi connectivity index (χ1n) is 5.83. The largest absolute Gasteiger partial charge is 0.375 e. The summed E-state index contributed by atoms with van der Waals surface area (Å²) in [4.78, 5) is 16.0. The van der Waals surface area contributed by atoms with E-state index in [9.17, 15) is 4.79 Å². The zero-order valence-electron chi connectivity index (χ0n) is 10.8. The molecule has 5 nitrogen and oxygen atoms in total. The third kappa shape index (κ3) is 2.36. The number of methoxy groups -OCH3 is 1. The number of amides is 1. The number of ether oxygens (including phenoxy) is 1. The van der Waals surface area contributed by atoms with Gasteiger partial charge in [0.1, 0.15) is 12.4 Å². The van der Waals surface area contributed by atoms with Crippen molar-refractivity contribution in [1.29, 1.82) is 0 Å². The maximum atomic E-state index is 11.5. The summed E-state index contributed by atoms with van der Waals surface area (Å²) in [6.45, 7) is 1.98. The molecule has 0 saturated heterocycles. The van der Waals surface area contributed by atoms with Crippen LogP contribution in [0.3, 0.4) is 0 Å². The molecule has 0 bridgehead atoms. The van der Waals surface area contributed by atoms with Gasteiger partial charge in [0.05, 0.1) is 17.1 Å². The molecule has 0 fully saturated rings. The molecule has 1 N–H and O–H groups in total. The minimum absolute atomic E-state index is 0.0638. The van der Waals surface area contributed by atoms with E-state index in [1.54, 1.807) is 0 Å². The van der Waals surface area contributed by atoms with Crippen molar-refractivity contribution in [2.45, 2.75) is 13.0 Å². The Hall–Kier alpha value is -1.88. The van der Waals surface area contributed by atoms with Crippen LogP contribution in [-0.4, -0.2) is 29.2 Å². The molecule has 1 aromatic heterocycles. The van der Waals surface area contributed by atoms with Crippen LogP contribution in [0.5, 0.6) is 0 Å². The molecule has 0 aliphatic heterocycles. The van der Waals surface area contributed by atoms with Gasteiger partial charge in [-0.15, -0.1) is 0 Å². The number of hydrogen-bond donors (Lipinski definition) is 1. The summed E-state index contributed by atoms with van der Waals surface area (Å²) in [5.74, 6) is 0.692. The number of nitrogens with zero attached hydrogens (tertiary/aromatic N) is 2.